The molecular formula is C14H21ClN4. The zero-order chi connectivity index (χ0) is 14.0. The molecule has 0 aromatic carbocycles. The Morgan fingerprint density at radius 2 is 2.11 bits per heavy atom. The number of anilines is 1. The van der Waals surface area contributed by atoms with Crippen LogP contribution in [0.15, 0.2) is 18.6 Å². The highest BCUT2D eigenvalue weighted by Crippen LogP contribution is 2.24. The van der Waals surface area contributed by atoms with Gasteiger partial charge in [-0.15, -0.1) is 11.6 Å². The quantitative estimate of drug-likeness (QED) is 0.873. The lowest BCUT2D eigenvalue weighted by Crippen LogP contribution is -2.21. The second-order valence-electron chi connectivity index (χ2n) is 6.13. The second-order valence-corrected chi connectivity index (χ2v) is 6.74. The maximum atomic E-state index is 6.36. The fourth-order valence-electron chi connectivity index (χ4n) is 2.14. The van der Waals surface area contributed by atoms with Gasteiger partial charge in [-0.2, -0.15) is 0 Å². The summed E-state index contributed by atoms with van der Waals surface area (Å²) in [6.45, 7) is 7.28. The Kier molecular flexibility index (Phi) is 3.99. The highest BCUT2D eigenvalue weighted by Gasteiger charge is 2.17. The number of halogens is 1. The lowest BCUT2D eigenvalue weighted by Gasteiger charge is -2.22. The molecule has 0 saturated heterocycles. The fourth-order valence-corrected chi connectivity index (χ4v) is 2.68. The minimum absolute atomic E-state index is 0.0840. The Balaban J connectivity index is 2.06. The van der Waals surface area contributed by atoms with Crippen molar-refractivity contribution in [1.29, 1.82) is 0 Å². The zero-order valence-corrected chi connectivity index (χ0v) is 12.7. The molecule has 1 N–H and O–H groups in total. The van der Waals surface area contributed by atoms with Crippen molar-refractivity contribution in [3.8, 4) is 0 Å². The highest BCUT2D eigenvalue weighted by atomic mass is 35.5. The molecule has 0 aliphatic rings. The van der Waals surface area contributed by atoms with Gasteiger partial charge in [0.2, 0.25) is 0 Å². The van der Waals surface area contributed by atoms with Gasteiger partial charge in [0.1, 0.15) is 5.52 Å². The molecule has 1 atom stereocenters. The summed E-state index contributed by atoms with van der Waals surface area (Å²) in [7, 11) is 1.98. The number of aromatic nitrogens is 3. The minimum Gasteiger partial charge on any atom is -0.367 e. The summed E-state index contributed by atoms with van der Waals surface area (Å²) in [5, 5.41) is 3.39. The molecule has 0 aliphatic heterocycles. The molecule has 2 aromatic rings. The van der Waals surface area contributed by atoms with E-state index in [4.69, 9.17) is 11.6 Å². The topological polar surface area (TPSA) is 42.7 Å². The first-order valence-corrected chi connectivity index (χ1v) is 6.94. The standard InChI is InChI=1S/C14H21ClN4/c1-14(2,3)7-10(15)8-17-13-12-11(5-6-16-13)19(4)9-18-12/h5-6,9-10H,7-8H2,1-4H3,(H,16,17). The van der Waals surface area contributed by atoms with Crippen molar-refractivity contribution in [3.63, 3.8) is 0 Å². The van der Waals surface area contributed by atoms with E-state index < -0.39 is 0 Å². The van der Waals surface area contributed by atoms with Crippen LogP contribution in [0.3, 0.4) is 0 Å². The summed E-state index contributed by atoms with van der Waals surface area (Å²) in [5.41, 5.74) is 2.20. The first-order chi connectivity index (χ1) is 8.87. The maximum absolute atomic E-state index is 6.36. The molecule has 4 nitrogen and oxygen atoms in total. The van der Waals surface area contributed by atoms with E-state index in [9.17, 15) is 0 Å². The number of fused-ring (bicyclic) bond motifs is 1. The molecule has 0 fully saturated rings. The van der Waals surface area contributed by atoms with Crippen LogP contribution >= 0.6 is 11.6 Å². The summed E-state index contributed by atoms with van der Waals surface area (Å²) in [6.07, 6.45) is 4.55. The second kappa shape index (κ2) is 5.37. The first-order valence-electron chi connectivity index (χ1n) is 6.51. The molecule has 2 heterocycles. The lowest BCUT2D eigenvalue weighted by molar-refractivity contribution is 0.373. The molecule has 1 unspecified atom stereocenters. The van der Waals surface area contributed by atoms with E-state index >= 15 is 0 Å². The summed E-state index contributed by atoms with van der Waals surface area (Å²) < 4.78 is 1.98. The van der Waals surface area contributed by atoms with Crippen molar-refractivity contribution in [2.24, 2.45) is 12.5 Å². The van der Waals surface area contributed by atoms with Crippen molar-refractivity contribution in [2.75, 3.05) is 11.9 Å². The number of hydrogen-bond acceptors (Lipinski definition) is 3. The Morgan fingerprint density at radius 1 is 1.37 bits per heavy atom. The van der Waals surface area contributed by atoms with E-state index in [-0.39, 0.29) is 10.8 Å². The van der Waals surface area contributed by atoms with Gasteiger partial charge in [0.25, 0.3) is 0 Å². The Hall–Kier alpha value is -1.29. The van der Waals surface area contributed by atoms with Crippen LogP contribution in [-0.4, -0.2) is 26.5 Å². The number of imidazole rings is 1. The van der Waals surface area contributed by atoms with Crippen LogP contribution in [0.5, 0.6) is 0 Å². The smallest absolute Gasteiger partial charge is 0.154 e. The molecular weight excluding hydrogens is 260 g/mol. The van der Waals surface area contributed by atoms with E-state index in [1.807, 2.05) is 17.7 Å². The van der Waals surface area contributed by atoms with Crippen LogP contribution in [0.25, 0.3) is 11.0 Å². The Bertz CT molecular complexity index is 556. The number of aryl methyl sites for hydroxylation is 1. The summed E-state index contributed by atoms with van der Waals surface area (Å²) >= 11 is 6.36. The summed E-state index contributed by atoms with van der Waals surface area (Å²) in [4.78, 5) is 8.71. The van der Waals surface area contributed by atoms with E-state index in [0.29, 0.717) is 6.54 Å². The van der Waals surface area contributed by atoms with Gasteiger partial charge in [-0.3, -0.25) is 0 Å². The predicted molar refractivity (Wildman–Crippen MR) is 80.7 cm³/mol. The molecule has 5 heteroatoms. The first kappa shape index (κ1) is 14.1. The Labute approximate surface area is 119 Å². The molecule has 0 radical (unpaired) electrons. The van der Waals surface area contributed by atoms with Crippen molar-refractivity contribution in [1.82, 2.24) is 14.5 Å². The summed E-state index contributed by atoms with van der Waals surface area (Å²) in [5.74, 6) is 0.803. The third kappa shape index (κ3) is 3.60. The van der Waals surface area contributed by atoms with Crippen LogP contribution in [-0.2, 0) is 7.05 Å². The van der Waals surface area contributed by atoms with Gasteiger partial charge in [-0.05, 0) is 17.9 Å². The molecule has 0 spiro atoms. The van der Waals surface area contributed by atoms with Gasteiger partial charge in [0, 0.05) is 19.8 Å². The van der Waals surface area contributed by atoms with Crippen LogP contribution in [0.1, 0.15) is 27.2 Å². The number of alkyl halides is 1. The zero-order valence-electron chi connectivity index (χ0n) is 11.9. The van der Waals surface area contributed by atoms with Crippen LogP contribution < -0.4 is 5.32 Å². The molecule has 2 rings (SSSR count). The van der Waals surface area contributed by atoms with E-state index in [2.05, 4.69) is 36.1 Å². The lowest BCUT2D eigenvalue weighted by atomic mass is 9.90. The minimum atomic E-state index is 0.0840. The van der Waals surface area contributed by atoms with Gasteiger partial charge in [-0.25, -0.2) is 9.97 Å². The fraction of sp³-hybridized carbons (Fsp3) is 0.571. The number of pyridine rings is 1. The molecule has 0 saturated carbocycles. The number of nitrogens with one attached hydrogen (secondary N) is 1. The van der Waals surface area contributed by atoms with Gasteiger partial charge in [-0.1, -0.05) is 20.8 Å². The number of nitrogens with zero attached hydrogens (tertiary/aromatic N) is 3. The maximum Gasteiger partial charge on any atom is 0.154 e. The normalized spacial score (nSPS) is 13.7. The summed E-state index contributed by atoms with van der Waals surface area (Å²) in [6, 6.07) is 1.96. The van der Waals surface area contributed by atoms with Gasteiger partial charge >= 0.3 is 0 Å². The average Bonchev–Trinajstić information content (AvgIpc) is 2.67. The van der Waals surface area contributed by atoms with Crippen molar-refractivity contribution in [3.05, 3.63) is 18.6 Å². The molecule has 0 amide bonds. The van der Waals surface area contributed by atoms with Crippen LogP contribution in [0, 0.1) is 5.41 Å². The van der Waals surface area contributed by atoms with E-state index in [1.165, 1.54) is 0 Å². The third-order valence-electron chi connectivity index (χ3n) is 2.97. The highest BCUT2D eigenvalue weighted by molar-refractivity contribution is 6.21. The van der Waals surface area contributed by atoms with Gasteiger partial charge < -0.3 is 9.88 Å². The molecule has 0 aliphatic carbocycles. The number of hydrogen-bond donors (Lipinski definition) is 1. The van der Waals surface area contributed by atoms with Gasteiger partial charge in [0.05, 0.1) is 17.2 Å². The average molecular weight is 281 g/mol. The predicted octanol–water partition coefficient (Wildman–Crippen LogP) is 3.42. The largest absolute Gasteiger partial charge is 0.367 e. The third-order valence-corrected chi connectivity index (χ3v) is 3.28. The van der Waals surface area contributed by atoms with Crippen molar-refractivity contribution >= 4 is 28.5 Å². The van der Waals surface area contributed by atoms with Crippen molar-refractivity contribution in [2.45, 2.75) is 32.6 Å². The monoisotopic (exact) mass is 280 g/mol. The van der Waals surface area contributed by atoms with Gasteiger partial charge in [0.15, 0.2) is 5.82 Å². The van der Waals surface area contributed by atoms with Crippen LogP contribution in [0.4, 0.5) is 5.82 Å². The van der Waals surface area contributed by atoms with Crippen LogP contribution in [0.2, 0.25) is 0 Å². The Morgan fingerprint density at radius 3 is 2.79 bits per heavy atom. The molecule has 104 valence electrons. The molecule has 0 bridgehead atoms. The SMILES string of the molecule is Cn1cnc2c(NCC(Cl)CC(C)(C)C)nccc21. The molecule has 2 aromatic heterocycles. The van der Waals surface area contributed by atoms with E-state index in [1.54, 1.807) is 12.5 Å². The number of rotatable bonds is 4. The van der Waals surface area contributed by atoms with Crippen molar-refractivity contribution < 1.29 is 0 Å². The molecule has 19 heavy (non-hydrogen) atoms. The van der Waals surface area contributed by atoms with E-state index in [0.717, 1.165) is 23.3 Å².